The zero-order valence-electron chi connectivity index (χ0n) is 10.6. The molecule has 4 heteroatoms. The molecule has 3 nitrogen and oxygen atoms in total. The lowest BCUT2D eigenvalue weighted by Crippen LogP contribution is -2.41. The lowest BCUT2D eigenvalue weighted by Gasteiger charge is -2.45. The van der Waals surface area contributed by atoms with Crippen LogP contribution in [0, 0.1) is 10.8 Å². The number of hydrogen-bond acceptors (Lipinski definition) is 4. The number of hydrogen-bond donors (Lipinski definition) is 2. The molecule has 1 heterocycles. The molecule has 1 aromatic rings. The molecule has 1 fully saturated rings. The summed E-state index contributed by atoms with van der Waals surface area (Å²) < 4.78 is 0. The topological polar surface area (TPSA) is 59.1 Å². The van der Waals surface area contributed by atoms with Crippen molar-refractivity contribution in [2.45, 2.75) is 45.6 Å². The SMILES string of the molecule is CC1(C)CCC(CN)(C(O)c2nccs2)CC1. The van der Waals surface area contributed by atoms with E-state index in [9.17, 15) is 5.11 Å². The summed E-state index contributed by atoms with van der Waals surface area (Å²) in [6, 6.07) is 0. The number of aliphatic hydroxyl groups is 1. The van der Waals surface area contributed by atoms with Gasteiger partial charge in [-0.3, -0.25) is 0 Å². The van der Waals surface area contributed by atoms with Gasteiger partial charge in [-0.05, 0) is 31.1 Å². The van der Waals surface area contributed by atoms with Crippen LogP contribution in [0.2, 0.25) is 0 Å². The highest BCUT2D eigenvalue weighted by Gasteiger charge is 2.43. The summed E-state index contributed by atoms with van der Waals surface area (Å²) in [6.45, 7) is 5.14. The van der Waals surface area contributed by atoms with Crippen LogP contribution in [0.15, 0.2) is 11.6 Å². The summed E-state index contributed by atoms with van der Waals surface area (Å²) in [5.41, 5.74) is 6.18. The third-order valence-corrected chi connectivity index (χ3v) is 5.10. The first-order valence-electron chi connectivity index (χ1n) is 6.27. The van der Waals surface area contributed by atoms with E-state index < -0.39 is 6.10 Å². The summed E-state index contributed by atoms with van der Waals surface area (Å²) in [6.07, 6.45) is 5.51. The smallest absolute Gasteiger partial charge is 0.122 e. The van der Waals surface area contributed by atoms with Crippen molar-refractivity contribution in [3.8, 4) is 0 Å². The van der Waals surface area contributed by atoms with E-state index in [0.29, 0.717) is 12.0 Å². The van der Waals surface area contributed by atoms with Crippen molar-refractivity contribution in [2.75, 3.05) is 6.54 Å². The monoisotopic (exact) mass is 254 g/mol. The standard InChI is InChI=1S/C13H22N2OS/c1-12(2)3-5-13(9-14,6-4-12)10(16)11-15-7-8-17-11/h7-8,10,16H,3-6,9,14H2,1-2H3. The minimum atomic E-state index is -0.497. The van der Waals surface area contributed by atoms with Gasteiger partial charge in [0.15, 0.2) is 0 Å². The fourth-order valence-electron chi connectivity index (χ4n) is 2.65. The molecule has 1 unspecified atom stereocenters. The number of aromatic nitrogens is 1. The molecule has 1 aliphatic carbocycles. The van der Waals surface area contributed by atoms with E-state index in [4.69, 9.17) is 5.73 Å². The van der Waals surface area contributed by atoms with Crippen LogP contribution in [-0.2, 0) is 0 Å². The van der Waals surface area contributed by atoms with Gasteiger partial charge < -0.3 is 10.8 Å². The van der Waals surface area contributed by atoms with Crippen molar-refractivity contribution in [2.24, 2.45) is 16.6 Å². The van der Waals surface area contributed by atoms with E-state index in [2.05, 4.69) is 18.8 Å². The normalized spacial score (nSPS) is 24.5. The minimum Gasteiger partial charge on any atom is -0.385 e. The largest absolute Gasteiger partial charge is 0.385 e. The van der Waals surface area contributed by atoms with Gasteiger partial charge in [-0.2, -0.15) is 0 Å². The first-order valence-corrected chi connectivity index (χ1v) is 7.15. The third kappa shape index (κ3) is 2.54. The number of nitrogens with two attached hydrogens (primary N) is 1. The Labute approximate surface area is 107 Å². The van der Waals surface area contributed by atoms with Gasteiger partial charge in [-0.25, -0.2) is 4.98 Å². The Morgan fingerprint density at radius 3 is 2.53 bits per heavy atom. The van der Waals surface area contributed by atoms with Gasteiger partial charge in [0.2, 0.25) is 0 Å². The van der Waals surface area contributed by atoms with E-state index in [1.54, 1.807) is 6.20 Å². The van der Waals surface area contributed by atoms with Crippen molar-refractivity contribution in [1.29, 1.82) is 0 Å². The van der Waals surface area contributed by atoms with Crippen LogP contribution in [0.5, 0.6) is 0 Å². The van der Waals surface area contributed by atoms with Crippen LogP contribution in [0.1, 0.15) is 50.6 Å². The van der Waals surface area contributed by atoms with Crippen molar-refractivity contribution < 1.29 is 5.11 Å². The van der Waals surface area contributed by atoms with E-state index in [0.717, 1.165) is 30.7 Å². The average molecular weight is 254 g/mol. The Hall–Kier alpha value is -0.450. The Bertz CT molecular complexity index is 352. The molecule has 0 saturated heterocycles. The number of aliphatic hydroxyl groups excluding tert-OH is 1. The highest BCUT2D eigenvalue weighted by molar-refractivity contribution is 7.09. The van der Waals surface area contributed by atoms with Crippen molar-refractivity contribution in [1.82, 2.24) is 4.98 Å². The van der Waals surface area contributed by atoms with Gasteiger partial charge in [-0.1, -0.05) is 13.8 Å². The quantitative estimate of drug-likeness (QED) is 0.872. The molecule has 1 atom stereocenters. The highest BCUT2D eigenvalue weighted by atomic mass is 32.1. The predicted molar refractivity (Wildman–Crippen MR) is 70.8 cm³/mol. The third-order valence-electron chi connectivity index (χ3n) is 4.27. The summed E-state index contributed by atoms with van der Waals surface area (Å²) in [7, 11) is 0. The van der Waals surface area contributed by atoms with Crippen LogP contribution in [0.3, 0.4) is 0 Å². The Kier molecular flexibility index (Phi) is 3.57. The summed E-state index contributed by atoms with van der Waals surface area (Å²) in [5.74, 6) is 0. The molecule has 17 heavy (non-hydrogen) atoms. The van der Waals surface area contributed by atoms with E-state index in [1.807, 2.05) is 5.38 Å². The van der Waals surface area contributed by atoms with E-state index in [-0.39, 0.29) is 5.41 Å². The molecule has 0 aromatic carbocycles. The molecule has 1 aliphatic rings. The molecule has 0 aliphatic heterocycles. The number of nitrogens with zero attached hydrogens (tertiary/aromatic N) is 1. The molecular weight excluding hydrogens is 232 g/mol. The van der Waals surface area contributed by atoms with Gasteiger partial charge >= 0.3 is 0 Å². The highest BCUT2D eigenvalue weighted by Crippen LogP contribution is 2.50. The zero-order chi connectivity index (χ0) is 12.5. The first-order chi connectivity index (χ1) is 7.99. The molecule has 2 rings (SSSR count). The minimum absolute atomic E-state index is 0.159. The van der Waals surface area contributed by atoms with Crippen LogP contribution in [-0.4, -0.2) is 16.6 Å². The second-order valence-corrected chi connectivity index (χ2v) is 6.93. The van der Waals surface area contributed by atoms with Crippen LogP contribution in [0.4, 0.5) is 0 Å². The summed E-state index contributed by atoms with van der Waals surface area (Å²) in [5, 5.41) is 13.2. The maximum Gasteiger partial charge on any atom is 0.122 e. The average Bonchev–Trinajstić information content (AvgIpc) is 2.82. The molecule has 0 spiro atoms. The number of rotatable bonds is 3. The molecule has 0 bridgehead atoms. The summed E-state index contributed by atoms with van der Waals surface area (Å²) in [4.78, 5) is 4.23. The molecule has 0 amide bonds. The van der Waals surface area contributed by atoms with Gasteiger partial charge in [0.1, 0.15) is 11.1 Å². The second-order valence-electron chi connectivity index (χ2n) is 6.00. The lowest BCUT2D eigenvalue weighted by molar-refractivity contribution is -0.0236. The fraction of sp³-hybridized carbons (Fsp3) is 0.769. The Morgan fingerprint density at radius 1 is 1.41 bits per heavy atom. The molecule has 0 radical (unpaired) electrons. The van der Waals surface area contributed by atoms with Gasteiger partial charge in [-0.15, -0.1) is 11.3 Å². The molecule has 1 saturated carbocycles. The van der Waals surface area contributed by atoms with Crippen molar-refractivity contribution >= 4 is 11.3 Å². The van der Waals surface area contributed by atoms with Crippen LogP contribution in [0.25, 0.3) is 0 Å². The van der Waals surface area contributed by atoms with E-state index in [1.165, 1.54) is 11.3 Å². The molecule has 96 valence electrons. The first kappa shape index (κ1) is 13.0. The zero-order valence-corrected chi connectivity index (χ0v) is 11.5. The fourth-order valence-corrected chi connectivity index (χ4v) is 3.41. The molecule has 1 aromatic heterocycles. The predicted octanol–water partition coefficient (Wildman–Crippen LogP) is 2.72. The van der Waals surface area contributed by atoms with Crippen molar-refractivity contribution in [3.63, 3.8) is 0 Å². The summed E-state index contributed by atoms with van der Waals surface area (Å²) >= 11 is 1.52. The lowest BCUT2D eigenvalue weighted by atomic mass is 9.63. The Morgan fingerprint density at radius 2 is 2.06 bits per heavy atom. The van der Waals surface area contributed by atoms with Crippen molar-refractivity contribution in [3.05, 3.63) is 16.6 Å². The van der Waals surface area contributed by atoms with Crippen LogP contribution < -0.4 is 5.73 Å². The van der Waals surface area contributed by atoms with Gasteiger partial charge in [0.05, 0.1) is 0 Å². The Balaban J connectivity index is 2.16. The molecule has 3 N–H and O–H groups in total. The molecular formula is C13H22N2OS. The maximum atomic E-state index is 10.5. The van der Waals surface area contributed by atoms with Gasteiger partial charge in [0, 0.05) is 23.5 Å². The van der Waals surface area contributed by atoms with Crippen LogP contribution >= 0.6 is 11.3 Å². The number of thiazole rings is 1. The second kappa shape index (κ2) is 4.67. The van der Waals surface area contributed by atoms with E-state index >= 15 is 0 Å². The maximum absolute atomic E-state index is 10.5. The van der Waals surface area contributed by atoms with Gasteiger partial charge in [0.25, 0.3) is 0 Å².